The fourth-order valence-electron chi connectivity index (χ4n) is 2.40. The number of nitrogens with one attached hydrogen (secondary N) is 1. The first-order valence-electron chi connectivity index (χ1n) is 6.59. The molecule has 0 aromatic heterocycles. The highest BCUT2D eigenvalue weighted by Crippen LogP contribution is 2.26. The first-order valence-corrected chi connectivity index (χ1v) is 6.59. The Hall–Kier alpha value is -1.84. The molecule has 0 saturated carbocycles. The topological polar surface area (TPSA) is 49.4 Å². The van der Waals surface area contributed by atoms with E-state index in [1.54, 1.807) is 11.8 Å². The number of carbonyl (C=O) groups excluding carboxylic acids is 2. The van der Waals surface area contributed by atoms with Gasteiger partial charge in [0.2, 0.25) is 11.8 Å². The lowest BCUT2D eigenvalue weighted by molar-refractivity contribution is -0.146. The molecule has 1 unspecified atom stereocenters. The number of amides is 2. The van der Waals surface area contributed by atoms with Gasteiger partial charge in [0.05, 0.1) is 5.41 Å². The maximum absolute atomic E-state index is 12.7. The summed E-state index contributed by atoms with van der Waals surface area (Å²) in [6.45, 7) is 6.68. The van der Waals surface area contributed by atoms with E-state index < -0.39 is 11.5 Å². The van der Waals surface area contributed by atoms with Gasteiger partial charge in [0.15, 0.2) is 0 Å². The Balaban J connectivity index is 2.25. The molecule has 1 aliphatic heterocycles. The van der Waals surface area contributed by atoms with E-state index in [9.17, 15) is 9.59 Å². The number of hydrogen-bond acceptors (Lipinski definition) is 2. The van der Waals surface area contributed by atoms with Crippen LogP contribution in [-0.2, 0) is 15.0 Å². The second kappa shape index (κ2) is 5.03. The van der Waals surface area contributed by atoms with Gasteiger partial charge in [0, 0.05) is 13.1 Å². The molecule has 1 heterocycles. The summed E-state index contributed by atoms with van der Waals surface area (Å²) < 4.78 is 0. The lowest BCUT2D eigenvalue weighted by Crippen LogP contribution is -2.59. The number of piperazine rings is 1. The van der Waals surface area contributed by atoms with Gasteiger partial charge < -0.3 is 10.2 Å². The first kappa shape index (κ1) is 13.6. The lowest BCUT2D eigenvalue weighted by Gasteiger charge is -2.38. The highest BCUT2D eigenvalue weighted by molar-refractivity contribution is 5.93. The number of benzene rings is 1. The maximum atomic E-state index is 12.7. The molecule has 0 aliphatic carbocycles. The Bertz CT molecular complexity index is 482. The van der Waals surface area contributed by atoms with Gasteiger partial charge in [-0.1, -0.05) is 30.3 Å². The van der Waals surface area contributed by atoms with E-state index in [-0.39, 0.29) is 11.8 Å². The van der Waals surface area contributed by atoms with Crippen molar-refractivity contribution in [1.82, 2.24) is 10.2 Å². The average Bonchev–Trinajstić information content (AvgIpc) is 2.42. The van der Waals surface area contributed by atoms with E-state index in [0.29, 0.717) is 13.1 Å². The van der Waals surface area contributed by atoms with E-state index in [2.05, 4.69) is 5.32 Å². The van der Waals surface area contributed by atoms with Gasteiger partial charge in [0.25, 0.3) is 0 Å². The third kappa shape index (κ3) is 2.48. The molecule has 0 radical (unpaired) electrons. The Labute approximate surface area is 113 Å². The molecule has 0 bridgehead atoms. The van der Waals surface area contributed by atoms with Crippen LogP contribution in [-0.4, -0.2) is 35.8 Å². The monoisotopic (exact) mass is 260 g/mol. The number of nitrogens with zero attached hydrogens (tertiary/aromatic N) is 1. The Morgan fingerprint density at radius 1 is 1.32 bits per heavy atom. The molecule has 1 atom stereocenters. The van der Waals surface area contributed by atoms with Crippen molar-refractivity contribution < 1.29 is 9.59 Å². The quantitative estimate of drug-likeness (QED) is 0.871. The Morgan fingerprint density at radius 3 is 2.58 bits per heavy atom. The minimum atomic E-state index is -0.618. The summed E-state index contributed by atoms with van der Waals surface area (Å²) in [5, 5.41) is 2.78. The molecule has 102 valence electrons. The molecule has 1 N–H and O–H groups in total. The van der Waals surface area contributed by atoms with Crippen LogP contribution in [0.15, 0.2) is 30.3 Å². The SMILES string of the molecule is CC1C(=O)NCCN1C(=O)C(C)(C)c1ccccc1. The van der Waals surface area contributed by atoms with E-state index in [4.69, 9.17) is 0 Å². The van der Waals surface area contributed by atoms with Crippen LogP contribution in [0.5, 0.6) is 0 Å². The summed E-state index contributed by atoms with van der Waals surface area (Å²) in [4.78, 5) is 26.1. The highest BCUT2D eigenvalue weighted by atomic mass is 16.2. The molecule has 1 saturated heterocycles. The normalized spacial score (nSPS) is 20.1. The van der Waals surface area contributed by atoms with Crippen LogP contribution in [0, 0.1) is 0 Å². The van der Waals surface area contributed by atoms with Gasteiger partial charge >= 0.3 is 0 Å². The van der Waals surface area contributed by atoms with E-state index >= 15 is 0 Å². The molecule has 1 aromatic carbocycles. The molecular weight excluding hydrogens is 240 g/mol. The number of hydrogen-bond donors (Lipinski definition) is 1. The molecular formula is C15H20N2O2. The minimum Gasteiger partial charge on any atom is -0.353 e. The molecule has 19 heavy (non-hydrogen) atoms. The molecule has 1 aliphatic rings. The zero-order valence-electron chi connectivity index (χ0n) is 11.6. The number of carbonyl (C=O) groups is 2. The third-order valence-electron chi connectivity index (χ3n) is 3.79. The van der Waals surface area contributed by atoms with Gasteiger partial charge in [-0.25, -0.2) is 0 Å². The van der Waals surface area contributed by atoms with Crippen molar-refractivity contribution in [2.45, 2.75) is 32.2 Å². The first-order chi connectivity index (χ1) is 8.94. The van der Waals surface area contributed by atoms with Gasteiger partial charge in [-0.05, 0) is 26.3 Å². The van der Waals surface area contributed by atoms with E-state index in [1.807, 2.05) is 44.2 Å². The van der Waals surface area contributed by atoms with Crippen LogP contribution in [0.2, 0.25) is 0 Å². The summed E-state index contributed by atoms with van der Waals surface area (Å²) in [5.41, 5.74) is 0.353. The molecule has 1 fully saturated rings. The third-order valence-corrected chi connectivity index (χ3v) is 3.79. The Morgan fingerprint density at radius 2 is 1.95 bits per heavy atom. The minimum absolute atomic E-state index is 0.000972. The van der Waals surface area contributed by atoms with Crippen molar-refractivity contribution in [3.8, 4) is 0 Å². The molecule has 2 rings (SSSR count). The summed E-state index contributed by atoms with van der Waals surface area (Å²) in [6.07, 6.45) is 0. The maximum Gasteiger partial charge on any atom is 0.242 e. The van der Waals surface area contributed by atoms with E-state index in [0.717, 1.165) is 5.56 Å². The second-order valence-corrected chi connectivity index (χ2v) is 5.46. The summed E-state index contributed by atoms with van der Waals surface area (Å²) in [5.74, 6) is -0.0792. The molecule has 1 aromatic rings. The van der Waals surface area contributed by atoms with Gasteiger partial charge in [0.1, 0.15) is 6.04 Å². The van der Waals surface area contributed by atoms with Crippen LogP contribution in [0.4, 0.5) is 0 Å². The van der Waals surface area contributed by atoms with Crippen LogP contribution in [0.1, 0.15) is 26.3 Å². The van der Waals surface area contributed by atoms with Crippen molar-refractivity contribution in [2.24, 2.45) is 0 Å². The summed E-state index contributed by atoms with van der Waals surface area (Å²) in [6, 6.07) is 9.29. The molecule has 4 nitrogen and oxygen atoms in total. The van der Waals surface area contributed by atoms with Crippen LogP contribution < -0.4 is 5.32 Å². The smallest absolute Gasteiger partial charge is 0.242 e. The van der Waals surface area contributed by atoms with Crippen LogP contribution >= 0.6 is 0 Å². The van der Waals surface area contributed by atoms with Crippen molar-refractivity contribution in [1.29, 1.82) is 0 Å². The van der Waals surface area contributed by atoms with Gasteiger partial charge in [-0.2, -0.15) is 0 Å². The zero-order valence-corrected chi connectivity index (χ0v) is 11.6. The number of rotatable bonds is 2. The van der Waals surface area contributed by atoms with Crippen molar-refractivity contribution >= 4 is 11.8 Å². The lowest BCUT2D eigenvalue weighted by atomic mass is 9.82. The molecule has 2 amide bonds. The highest BCUT2D eigenvalue weighted by Gasteiger charge is 2.38. The van der Waals surface area contributed by atoms with Crippen molar-refractivity contribution in [2.75, 3.05) is 13.1 Å². The fraction of sp³-hybridized carbons (Fsp3) is 0.467. The molecule has 4 heteroatoms. The van der Waals surface area contributed by atoms with Crippen LogP contribution in [0.25, 0.3) is 0 Å². The van der Waals surface area contributed by atoms with Crippen LogP contribution in [0.3, 0.4) is 0 Å². The summed E-state index contributed by atoms with van der Waals surface area (Å²) in [7, 11) is 0. The van der Waals surface area contributed by atoms with Crippen molar-refractivity contribution in [3.63, 3.8) is 0 Å². The van der Waals surface area contributed by atoms with Gasteiger partial charge in [-0.3, -0.25) is 9.59 Å². The van der Waals surface area contributed by atoms with Crippen molar-refractivity contribution in [3.05, 3.63) is 35.9 Å². The van der Waals surface area contributed by atoms with Gasteiger partial charge in [-0.15, -0.1) is 0 Å². The summed E-state index contributed by atoms with van der Waals surface area (Å²) >= 11 is 0. The average molecular weight is 260 g/mol. The largest absolute Gasteiger partial charge is 0.353 e. The standard InChI is InChI=1S/C15H20N2O2/c1-11-13(18)16-9-10-17(11)14(19)15(2,3)12-7-5-4-6-8-12/h4-8,11H,9-10H2,1-3H3,(H,16,18). The predicted octanol–water partition coefficient (Wildman–Crippen LogP) is 1.31. The Kier molecular flexibility index (Phi) is 3.60. The zero-order chi connectivity index (χ0) is 14.0. The predicted molar refractivity (Wildman–Crippen MR) is 73.7 cm³/mol. The van der Waals surface area contributed by atoms with E-state index in [1.165, 1.54) is 0 Å². The second-order valence-electron chi connectivity index (χ2n) is 5.46. The molecule has 0 spiro atoms. The fourth-order valence-corrected chi connectivity index (χ4v) is 2.40.